The molecule has 1 heterocycles. The monoisotopic (exact) mass is 278 g/mol. The fraction of sp³-hybridized carbons (Fsp3) is 0.533. The fourth-order valence-corrected chi connectivity index (χ4v) is 3.21. The van der Waals surface area contributed by atoms with Crippen molar-refractivity contribution in [1.29, 1.82) is 0 Å². The van der Waals surface area contributed by atoms with Gasteiger partial charge in [0.05, 0.1) is 12.6 Å². The molecule has 0 N–H and O–H groups in total. The van der Waals surface area contributed by atoms with Crippen LogP contribution in [-0.2, 0) is 6.42 Å². The number of aromatic nitrogens is 2. The van der Waals surface area contributed by atoms with Gasteiger partial charge >= 0.3 is 0 Å². The summed E-state index contributed by atoms with van der Waals surface area (Å²) in [5.41, 5.74) is 2.14. The predicted molar refractivity (Wildman–Crippen MR) is 78.1 cm³/mol. The van der Waals surface area contributed by atoms with Crippen molar-refractivity contribution in [3.8, 4) is 5.75 Å². The number of rotatable bonds is 4. The molecule has 0 atom stereocenters. The van der Waals surface area contributed by atoms with Gasteiger partial charge in [0, 0.05) is 18.3 Å². The van der Waals surface area contributed by atoms with E-state index in [1.165, 1.54) is 18.4 Å². The standard InChI is InChI=1S/C15H19ClN2O/c1-10-8-11(9-10)18-12-4-3-5-13(19-2)15(12)17-14(18)6-7-16/h3-5,10-11H,6-9H2,1-2H3. The van der Waals surface area contributed by atoms with Gasteiger partial charge in [0.2, 0.25) is 0 Å². The summed E-state index contributed by atoms with van der Waals surface area (Å²) in [5, 5.41) is 0. The summed E-state index contributed by atoms with van der Waals surface area (Å²) in [7, 11) is 1.69. The number of methoxy groups -OCH3 is 1. The third-order valence-corrected chi connectivity index (χ3v) is 4.20. The lowest BCUT2D eigenvalue weighted by atomic mass is 9.81. The van der Waals surface area contributed by atoms with E-state index in [0.717, 1.165) is 29.4 Å². The molecule has 2 aromatic rings. The van der Waals surface area contributed by atoms with Gasteiger partial charge in [-0.1, -0.05) is 13.0 Å². The first-order valence-corrected chi connectivity index (χ1v) is 7.37. The number of hydrogen-bond acceptors (Lipinski definition) is 2. The average Bonchev–Trinajstić information content (AvgIpc) is 2.73. The van der Waals surface area contributed by atoms with E-state index in [9.17, 15) is 0 Å². The SMILES string of the molecule is COc1cccc2c1nc(CCCl)n2C1CC(C)C1. The van der Waals surface area contributed by atoms with Crippen LogP contribution in [0, 0.1) is 5.92 Å². The molecule has 0 radical (unpaired) electrons. The van der Waals surface area contributed by atoms with Crippen molar-refractivity contribution >= 4 is 22.6 Å². The molecular weight excluding hydrogens is 260 g/mol. The zero-order chi connectivity index (χ0) is 13.4. The highest BCUT2D eigenvalue weighted by atomic mass is 35.5. The van der Waals surface area contributed by atoms with Crippen LogP contribution in [0.25, 0.3) is 11.0 Å². The van der Waals surface area contributed by atoms with Crippen molar-refractivity contribution in [3.05, 3.63) is 24.0 Å². The highest BCUT2D eigenvalue weighted by molar-refractivity contribution is 6.17. The van der Waals surface area contributed by atoms with E-state index < -0.39 is 0 Å². The Kier molecular flexibility index (Phi) is 3.40. The maximum atomic E-state index is 5.92. The topological polar surface area (TPSA) is 27.1 Å². The molecule has 0 bridgehead atoms. The largest absolute Gasteiger partial charge is 0.494 e. The van der Waals surface area contributed by atoms with Gasteiger partial charge < -0.3 is 9.30 Å². The van der Waals surface area contributed by atoms with Crippen LogP contribution in [0.4, 0.5) is 0 Å². The van der Waals surface area contributed by atoms with Crippen molar-refractivity contribution in [1.82, 2.24) is 9.55 Å². The van der Waals surface area contributed by atoms with Crippen LogP contribution in [-0.4, -0.2) is 22.5 Å². The second kappa shape index (κ2) is 5.04. The van der Waals surface area contributed by atoms with Gasteiger partial charge in [-0.05, 0) is 30.9 Å². The first-order chi connectivity index (χ1) is 9.24. The number of benzene rings is 1. The van der Waals surface area contributed by atoms with Crippen LogP contribution in [0.2, 0.25) is 0 Å². The molecule has 0 aliphatic heterocycles. The number of imidazole rings is 1. The van der Waals surface area contributed by atoms with E-state index in [-0.39, 0.29) is 0 Å². The van der Waals surface area contributed by atoms with Gasteiger partial charge in [0.25, 0.3) is 0 Å². The highest BCUT2D eigenvalue weighted by Gasteiger charge is 2.30. The van der Waals surface area contributed by atoms with Crippen LogP contribution in [0.1, 0.15) is 31.6 Å². The normalized spacial score (nSPS) is 22.5. The Morgan fingerprint density at radius 2 is 2.21 bits per heavy atom. The minimum atomic E-state index is 0.574. The zero-order valence-corrected chi connectivity index (χ0v) is 12.2. The Labute approximate surface area is 118 Å². The van der Waals surface area contributed by atoms with Crippen molar-refractivity contribution < 1.29 is 4.74 Å². The minimum absolute atomic E-state index is 0.574. The number of alkyl halides is 1. The Balaban J connectivity index is 2.13. The van der Waals surface area contributed by atoms with Gasteiger partial charge in [0.1, 0.15) is 17.1 Å². The summed E-state index contributed by atoms with van der Waals surface area (Å²) in [6.07, 6.45) is 3.28. The Hall–Kier alpha value is -1.22. The number of halogens is 1. The van der Waals surface area contributed by atoms with Crippen molar-refractivity contribution in [2.24, 2.45) is 5.92 Å². The van der Waals surface area contributed by atoms with Crippen LogP contribution in [0.5, 0.6) is 5.75 Å². The van der Waals surface area contributed by atoms with Crippen molar-refractivity contribution in [2.45, 2.75) is 32.2 Å². The molecule has 0 saturated heterocycles. The van der Waals surface area contributed by atoms with Crippen LogP contribution in [0.15, 0.2) is 18.2 Å². The summed E-state index contributed by atoms with van der Waals surface area (Å²) < 4.78 is 7.79. The van der Waals surface area contributed by atoms with E-state index in [0.29, 0.717) is 11.9 Å². The molecule has 1 aromatic heterocycles. The molecule has 1 aliphatic rings. The Morgan fingerprint density at radius 1 is 1.42 bits per heavy atom. The molecule has 1 aromatic carbocycles. The number of hydrogen-bond donors (Lipinski definition) is 0. The average molecular weight is 279 g/mol. The molecule has 102 valence electrons. The molecule has 3 nitrogen and oxygen atoms in total. The molecule has 1 fully saturated rings. The second-order valence-electron chi connectivity index (χ2n) is 5.40. The first kappa shape index (κ1) is 12.8. The summed E-state index contributed by atoms with van der Waals surface area (Å²) in [6, 6.07) is 6.70. The van der Waals surface area contributed by atoms with Crippen LogP contribution >= 0.6 is 11.6 Å². The number of nitrogens with zero attached hydrogens (tertiary/aromatic N) is 2. The second-order valence-corrected chi connectivity index (χ2v) is 5.77. The van der Waals surface area contributed by atoms with Crippen molar-refractivity contribution in [2.75, 3.05) is 13.0 Å². The lowest BCUT2D eigenvalue weighted by molar-refractivity contribution is 0.217. The summed E-state index contributed by atoms with van der Waals surface area (Å²) in [5.74, 6) is 3.36. The molecule has 3 rings (SSSR count). The molecule has 1 saturated carbocycles. The smallest absolute Gasteiger partial charge is 0.146 e. The van der Waals surface area contributed by atoms with E-state index in [2.05, 4.69) is 17.6 Å². The van der Waals surface area contributed by atoms with E-state index in [1.807, 2.05) is 12.1 Å². The third-order valence-electron chi connectivity index (χ3n) is 4.01. The first-order valence-electron chi connectivity index (χ1n) is 6.84. The number of ether oxygens (including phenoxy) is 1. The van der Waals surface area contributed by atoms with Crippen LogP contribution < -0.4 is 4.74 Å². The maximum Gasteiger partial charge on any atom is 0.146 e. The Morgan fingerprint density at radius 3 is 2.84 bits per heavy atom. The van der Waals surface area contributed by atoms with Gasteiger partial charge in [-0.25, -0.2) is 4.98 Å². The summed E-state index contributed by atoms with van der Waals surface area (Å²) >= 11 is 5.92. The summed E-state index contributed by atoms with van der Waals surface area (Å²) in [4.78, 5) is 4.75. The summed E-state index contributed by atoms with van der Waals surface area (Å²) in [6.45, 7) is 2.30. The lowest BCUT2D eigenvalue weighted by Gasteiger charge is -2.35. The fourth-order valence-electron chi connectivity index (χ4n) is 3.04. The highest BCUT2D eigenvalue weighted by Crippen LogP contribution is 2.41. The molecule has 0 unspecified atom stereocenters. The molecule has 1 aliphatic carbocycles. The van der Waals surface area contributed by atoms with Gasteiger partial charge in [-0.2, -0.15) is 0 Å². The number of para-hydroxylation sites is 1. The molecule has 19 heavy (non-hydrogen) atoms. The van der Waals surface area contributed by atoms with Gasteiger partial charge in [0.15, 0.2) is 0 Å². The quantitative estimate of drug-likeness (QED) is 0.796. The molecule has 0 amide bonds. The minimum Gasteiger partial charge on any atom is -0.494 e. The molecular formula is C15H19ClN2O. The Bertz CT molecular complexity index is 587. The van der Waals surface area contributed by atoms with Crippen LogP contribution in [0.3, 0.4) is 0 Å². The molecule has 0 spiro atoms. The van der Waals surface area contributed by atoms with Gasteiger partial charge in [-0.15, -0.1) is 11.6 Å². The molecule has 4 heteroatoms. The van der Waals surface area contributed by atoms with Crippen molar-refractivity contribution in [3.63, 3.8) is 0 Å². The van der Waals surface area contributed by atoms with Gasteiger partial charge in [-0.3, -0.25) is 0 Å². The van der Waals surface area contributed by atoms with E-state index in [1.54, 1.807) is 7.11 Å². The lowest BCUT2D eigenvalue weighted by Crippen LogP contribution is -2.26. The maximum absolute atomic E-state index is 5.92. The zero-order valence-electron chi connectivity index (χ0n) is 11.4. The third kappa shape index (κ3) is 2.10. The van der Waals surface area contributed by atoms with E-state index >= 15 is 0 Å². The predicted octanol–water partition coefficient (Wildman–Crippen LogP) is 3.80. The number of aryl methyl sites for hydroxylation is 1. The number of fused-ring (bicyclic) bond motifs is 1. The van der Waals surface area contributed by atoms with E-state index in [4.69, 9.17) is 21.3 Å².